The predicted molar refractivity (Wildman–Crippen MR) is 92.9 cm³/mol. The molecule has 1 aliphatic carbocycles. The van der Waals surface area contributed by atoms with E-state index in [0.717, 1.165) is 45.2 Å². The molecule has 3 rings (SSSR count). The second kappa shape index (κ2) is 7.82. The van der Waals surface area contributed by atoms with Crippen LogP contribution in [0.4, 0.5) is 0 Å². The van der Waals surface area contributed by atoms with Crippen molar-refractivity contribution < 1.29 is 14.7 Å². The zero-order chi connectivity index (χ0) is 16.9. The van der Waals surface area contributed by atoms with E-state index in [2.05, 4.69) is 24.3 Å². The molecule has 1 aromatic carbocycles. The topological polar surface area (TPSA) is 57.6 Å². The second-order valence-electron chi connectivity index (χ2n) is 7.27. The Labute approximate surface area is 143 Å². The maximum atomic E-state index is 12.8. The Bertz CT molecular complexity index is 598. The van der Waals surface area contributed by atoms with Gasteiger partial charge in [-0.15, -0.1) is 0 Å². The highest BCUT2D eigenvalue weighted by atomic mass is 16.4. The van der Waals surface area contributed by atoms with Gasteiger partial charge < -0.3 is 10.0 Å². The van der Waals surface area contributed by atoms with E-state index < -0.39 is 5.97 Å². The molecule has 0 bridgehead atoms. The van der Waals surface area contributed by atoms with Crippen molar-refractivity contribution in [3.63, 3.8) is 0 Å². The molecule has 0 aromatic heterocycles. The fourth-order valence-corrected chi connectivity index (χ4v) is 4.26. The van der Waals surface area contributed by atoms with E-state index in [1.807, 2.05) is 4.90 Å². The number of piperidine rings is 1. The normalized spacial score (nSPS) is 23.6. The minimum absolute atomic E-state index is 0.211. The van der Waals surface area contributed by atoms with Gasteiger partial charge in [-0.25, -0.2) is 0 Å². The Morgan fingerprint density at radius 3 is 2.83 bits per heavy atom. The number of fused-ring (bicyclic) bond motifs is 1. The number of benzene rings is 1. The van der Waals surface area contributed by atoms with Gasteiger partial charge in [0.2, 0.25) is 5.91 Å². The summed E-state index contributed by atoms with van der Waals surface area (Å²) in [7, 11) is 0. The number of carbonyl (C=O) groups is 2. The van der Waals surface area contributed by atoms with E-state index in [9.17, 15) is 9.59 Å². The zero-order valence-electron chi connectivity index (χ0n) is 14.2. The highest BCUT2D eigenvalue weighted by molar-refractivity contribution is 5.77. The van der Waals surface area contributed by atoms with Crippen LogP contribution in [0.5, 0.6) is 0 Å². The van der Waals surface area contributed by atoms with Gasteiger partial charge in [-0.2, -0.15) is 0 Å². The monoisotopic (exact) mass is 329 g/mol. The molecule has 130 valence electrons. The van der Waals surface area contributed by atoms with Crippen LogP contribution in [0.2, 0.25) is 0 Å². The van der Waals surface area contributed by atoms with Crippen molar-refractivity contribution in [3.8, 4) is 0 Å². The number of nitrogens with zero attached hydrogens (tertiary/aromatic N) is 1. The van der Waals surface area contributed by atoms with Crippen LogP contribution < -0.4 is 0 Å². The van der Waals surface area contributed by atoms with E-state index in [1.165, 1.54) is 11.1 Å². The summed E-state index contributed by atoms with van der Waals surface area (Å²) < 4.78 is 0. The average molecular weight is 329 g/mol. The first-order valence-corrected chi connectivity index (χ1v) is 9.21. The molecule has 1 fully saturated rings. The van der Waals surface area contributed by atoms with Crippen molar-refractivity contribution in [2.24, 2.45) is 5.92 Å². The number of rotatable bonds is 5. The summed E-state index contributed by atoms with van der Waals surface area (Å²) in [5, 5.41) is 8.85. The SMILES string of the molecule is O=C(O)CC[C@H]1CCCN(C(=O)C[C@@H]2CCCc3ccccc32)C1. The van der Waals surface area contributed by atoms with Crippen LogP contribution >= 0.6 is 0 Å². The number of hydrogen-bond acceptors (Lipinski definition) is 2. The lowest BCUT2D eigenvalue weighted by atomic mass is 9.80. The fraction of sp³-hybridized carbons (Fsp3) is 0.600. The number of likely N-dealkylation sites (tertiary alicyclic amines) is 1. The molecule has 0 radical (unpaired) electrons. The van der Waals surface area contributed by atoms with Crippen LogP contribution in [-0.4, -0.2) is 35.0 Å². The van der Waals surface area contributed by atoms with Crippen molar-refractivity contribution >= 4 is 11.9 Å². The molecule has 1 aliphatic heterocycles. The molecular formula is C20H27NO3. The Morgan fingerprint density at radius 1 is 1.17 bits per heavy atom. The van der Waals surface area contributed by atoms with Crippen LogP contribution in [0, 0.1) is 5.92 Å². The quantitative estimate of drug-likeness (QED) is 0.898. The fourth-order valence-electron chi connectivity index (χ4n) is 4.26. The standard InChI is InChI=1S/C20H27NO3/c22-19(21-12-4-5-15(14-21)10-11-20(23)24)13-17-8-3-7-16-6-1-2-9-18(16)17/h1-2,6,9,15,17H,3-5,7-8,10-14H2,(H,23,24)/t15-,17+/m1/s1. The predicted octanol–water partition coefficient (Wildman–Crippen LogP) is 3.60. The first-order chi connectivity index (χ1) is 11.6. The smallest absolute Gasteiger partial charge is 0.303 e. The van der Waals surface area contributed by atoms with E-state index >= 15 is 0 Å². The highest BCUT2D eigenvalue weighted by Crippen LogP contribution is 2.34. The molecule has 1 aromatic rings. The van der Waals surface area contributed by atoms with Crippen molar-refractivity contribution in [3.05, 3.63) is 35.4 Å². The summed E-state index contributed by atoms with van der Waals surface area (Å²) in [6, 6.07) is 8.53. The summed E-state index contributed by atoms with van der Waals surface area (Å²) in [4.78, 5) is 25.5. The van der Waals surface area contributed by atoms with Crippen molar-refractivity contribution in [2.45, 2.75) is 57.3 Å². The van der Waals surface area contributed by atoms with Crippen molar-refractivity contribution in [2.75, 3.05) is 13.1 Å². The third kappa shape index (κ3) is 4.16. The van der Waals surface area contributed by atoms with Gasteiger partial charge in [0.05, 0.1) is 0 Å². The molecule has 2 aliphatic rings. The largest absolute Gasteiger partial charge is 0.481 e. The van der Waals surface area contributed by atoms with Gasteiger partial charge in [0.1, 0.15) is 0 Å². The van der Waals surface area contributed by atoms with Crippen LogP contribution in [0.25, 0.3) is 0 Å². The van der Waals surface area contributed by atoms with E-state index in [-0.39, 0.29) is 12.3 Å². The molecule has 1 heterocycles. The molecule has 1 saturated heterocycles. The summed E-state index contributed by atoms with van der Waals surface area (Å²) in [5.74, 6) is 0.202. The first-order valence-electron chi connectivity index (χ1n) is 9.21. The number of hydrogen-bond donors (Lipinski definition) is 1. The summed E-state index contributed by atoms with van der Waals surface area (Å²) in [6.45, 7) is 1.57. The lowest BCUT2D eigenvalue weighted by Gasteiger charge is -2.34. The number of carbonyl (C=O) groups excluding carboxylic acids is 1. The van der Waals surface area contributed by atoms with E-state index in [0.29, 0.717) is 24.7 Å². The molecular weight excluding hydrogens is 302 g/mol. The van der Waals surface area contributed by atoms with E-state index in [1.54, 1.807) is 0 Å². The minimum atomic E-state index is -0.739. The maximum absolute atomic E-state index is 12.8. The van der Waals surface area contributed by atoms with Crippen LogP contribution in [-0.2, 0) is 16.0 Å². The number of aryl methyl sites for hydroxylation is 1. The lowest BCUT2D eigenvalue weighted by molar-refractivity contribution is -0.137. The Balaban J connectivity index is 1.58. The van der Waals surface area contributed by atoms with Crippen LogP contribution in [0.1, 0.15) is 62.0 Å². The molecule has 1 N–H and O–H groups in total. The Kier molecular flexibility index (Phi) is 5.54. The number of carboxylic acid groups (broad SMARTS) is 1. The molecule has 4 heteroatoms. The molecule has 1 amide bonds. The number of aliphatic carboxylic acids is 1. The average Bonchev–Trinajstić information content (AvgIpc) is 2.60. The Morgan fingerprint density at radius 2 is 2.00 bits per heavy atom. The summed E-state index contributed by atoms with van der Waals surface area (Å²) in [5.41, 5.74) is 2.76. The Hall–Kier alpha value is -1.84. The first kappa shape index (κ1) is 17.0. The third-order valence-corrected chi connectivity index (χ3v) is 5.55. The molecule has 24 heavy (non-hydrogen) atoms. The van der Waals surface area contributed by atoms with Gasteiger partial charge in [0.15, 0.2) is 0 Å². The zero-order valence-corrected chi connectivity index (χ0v) is 14.2. The van der Waals surface area contributed by atoms with Gasteiger partial charge in [-0.3, -0.25) is 9.59 Å². The third-order valence-electron chi connectivity index (χ3n) is 5.55. The second-order valence-corrected chi connectivity index (χ2v) is 7.27. The minimum Gasteiger partial charge on any atom is -0.481 e. The van der Waals surface area contributed by atoms with Gasteiger partial charge >= 0.3 is 5.97 Å². The molecule has 4 nitrogen and oxygen atoms in total. The van der Waals surface area contributed by atoms with Gasteiger partial charge in [0.25, 0.3) is 0 Å². The van der Waals surface area contributed by atoms with Crippen molar-refractivity contribution in [1.29, 1.82) is 0 Å². The van der Waals surface area contributed by atoms with Crippen LogP contribution in [0.15, 0.2) is 24.3 Å². The van der Waals surface area contributed by atoms with Gasteiger partial charge in [-0.05, 0) is 61.5 Å². The highest BCUT2D eigenvalue weighted by Gasteiger charge is 2.28. The van der Waals surface area contributed by atoms with E-state index in [4.69, 9.17) is 5.11 Å². The molecule has 0 saturated carbocycles. The summed E-state index contributed by atoms with van der Waals surface area (Å²) >= 11 is 0. The maximum Gasteiger partial charge on any atom is 0.303 e. The summed E-state index contributed by atoms with van der Waals surface area (Å²) in [6.07, 6.45) is 6.93. The van der Waals surface area contributed by atoms with Crippen LogP contribution in [0.3, 0.4) is 0 Å². The van der Waals surface area contributed by atoms with Gasteiger partial charge in [-0.1, -0.05) is 24.3 Å². The van der Waals surface area contributed by atoms with Gasteiger partial charge in [0, 0.05) is 25.9 Å². The number of amides is 1. The number of carboxylic acids is 1. The van der Waals surface area contributed by atoms with Crippen molar-refractivity contribution in [1.82, 2.24) is 4.90 Å². The molecule has 2 atom stereocenters. The lowest BCUT2D eigenvalue weighted by Crippen LogP contribution is -2.40. The molecule has 0 spiro atoms. The molecule has 0 unspecified atom stereocenters.